The van der Waals surface area contributed by atoms with E-state index < -0.39 is 6.36 Å². The predicted octanol–water partition coefficient (Wildman–Crippen LogP) is 4.36. The van der Waals surface area contributed by atoms with Crippen molar-refractivity contribution in [2.45, 2.75) is 12.9 Å². The number of rotatable bonds is 3. The first-order chi connectivity index (χ1) is 9.39. The van der Waals surface area contributed by atoms with Crippen molar-refractivity contribution in [3.8, 4) is 16.9 Å². The van der Waals surface area contributed by atoms with Gasteiger partial charge in [-0.3, -0.25) is 0 Å². The summed E-state index contributed by atoms with van der Waals surface area (Å²) >= 11 is 5.87. The molecule has 0 amide bonds. The van der Waals surface area contributed by atoms with Gasteiger partial charge in [0.15, 0.2) is 0 Å². The fourth-order valence-electron chi connectivity index (χ4n) is 1.79. The van der Waals surface area contributed by atoms with Gasteiger partial charge in [0.05, 0.1) is 0 Å². The van der Waals surface area contributed by atoms with Crippen LogP contribution in [0.15, 0.2) is 42.5 Å². The number of alkyl halides is 3. The van der Waals surface area contributed by atoms with Crippen molar-refractivity contribution >= 4 is 11.6 Å². The van der Waals surface area contributed by atoms with E-state index in [1.807, 2.05) is 0 Å². The summed E-state index contributed by atoms with van der Waals surface area (Å²) in [5.74, 6) is -0.294. The molecule has 0 heterocycles. The zero-order valence-electron chi connectivity index (χ0n) is 10.2. The van der Waals surface area contributed by atoms with Crippen LogP contribution in [0.3, 0.4) is 0 Å². The molecule has 0 saturated carbocycles. The van der Waals surface area contributed by atoms with Crippen LogP contribution in [0, 0.1) is 0 Å². The molecule has 0 aliphatic heterocycles. The predicted molar refractivity (Wildman–Crippen MR) is 71.5 cm³/mol. The average molecular weight is 302 g/mol. The van der Waals surface area contributed by atoms with Crippen LogP contribution in [0.4, 0.5) is 13.2 Å². The molecular formula is C14H11ClF3NO. The standard InChI is InChI=1S/C14H11ClF3NO/c15-12-3-1-2-9(6-12)10-4-5-11(8-19)13(7-10)20-14(16,17)18/h1-7H,8,19H2. The van der Waals surface area contributed by atoms with Crippen LogP contribution in [0.1, 0.15) is 5.56 Å². The molecule has 0 aliphatic carbocycles. The zero-order chi connectivity index (χ0) is 14.8. The van der Waals surface area contributed by atoms with Gasteiger partial charge in [-0.2, -0.15) is 0 Å². The summed E-state index contributed by atoms with van der Waals surface area (Å²) in [6, 6.07) is 11.3. The quantitative estimate of drug-likeness (QED) is 0.914. The number of halogens is 4. The number of hydrogen-bond donors (Lipinski definition) is 1. The van der Waals surface area contributed by atoms with Gasteiger partial charge >= 0.3 is 6.36 Å². The van der Waals surface area contributed by atoms with E-state index in [0.29, 0.717) is 16.1 Å². The maximum Gasteiger partial charge on any atom is 0.573 e. The van der Waals surface area contributed by atoms with Gasteiger partial charge in [-0.1, -0.05) is 35.9 Å². The van der Waals surface area contributed by atoms with Crippen LogP contribution in [-0.4, -0.2) is 6.36 Å². The van der Waals surface area contributed by atoms with Crippen molar-refractivity contribution in [3.05, 3.63) is 53.1 Å². The van der Waals surface area contributed by atoms with Crippen LogP contribution < -0.4 is 10.5 Å². The molecule has 0 aromatic heterocycles. The Labute approximate surface area is 118 Å². The number of ether oxygens (including phenoxy) is 1. The minimum absolute atomic E-state index is 0.0404. The van der Waals surface area contributed by atoms with E-state index in [1.165, 1.54) is 12.1 Å². The van der Waals surface area contributed by atoms with Crippen molar-refractivity contribution in [1.29, 1.82) is 0 Å². The lowest BCUT2D eigenvalue weighted by molar-refractivity contribution is -0.274. The SMILES string of the molecule is NCc1ccc(-c2cccc(Cl)c2)cc1OC(F)(F)F. The van der Waals surface area contributed by atoms with E-state index in [9.17, 15) is 13.2 Å². The molecule has 2 aromatic carbocycles. The molecule has 0 saturated heterocycles. The molecule has 2 N–H and O–H groups in total. The summed E-state index contributed by atoms with van der Waals surface area (Å²) in [6.07, 6.45) is -4.75. The van der Waals surface area contributed by atoms with E-state index in [1.54, 1.807) is 30.3 Å². The van der Waals surface area contributed by atoms with Crippen molar-refractivity contribution < 1.29 is 17.9 Å². The minimum atomic E-state index is -4.75. The fraction of sp³-hybridized carbons (Fsp3) is 0.143. The summed E-state index contributed by atoms with van der Waals surface area (Å²) in [4.78, 5) is 0. The third kappa shape index (κ3) is 3.65. The maximum absolute atomic E-state index is 12.4. The van der Waals surface area contributed by atoms with Gasteiger partial charge in [0.25, 0.3) is 0 Å². The molecule has 0 bridgehead atoms. The molecule has 0 radical (unpaired) electrons. The average Bonchev–Trinajstić information content (AvgIpc) is 2.37. The Morgan fingerprint density at radius 3 is 2.35 bits per heavy atom. The molecule has 6 heteroatoms. The minimum Gasteiger partial charge on any atom is -0.405 e. The van der Waals surface area contributed by atoms with E-state index in [0.717, 1.165) is 0 Å². The monoisotopic (exact) mass is 301 g/mol. The zero-order valence-corrected chi connectivity index (χ0v) is 11.0. The van der Waals surface area contributed by atoms with Crippen LogP contribution in [0.2, 0.25) is 5.02 Å². The summed E-state index contributed by atoms with van der Waals surface area (Å²) in [6.45, 7) is -0.0404. The maximum atomic E-state index is 12.4. The number of nitrogens with two attached hydrogens (primary N) is 1. The fourth-order valence-corrected chi connectivity index (χ4v) is 1.98. The summed E-state index contributed by atoms with van der Waals surface area (Å²) < 4.78 is 41.1. The second-order valence-electron chi connectivity index (χ2n) is 4.08. The van der Waals surface area contributed by atoms with Crippen LogP contribution in [0.5, 0.6) is 5.75 Å². The van der Waals surface area contributed by atoms with Crippen molar-refractivity contribution in [2.24, 2.45) is 5.73 Å². The van der Waals surface area contributed by atoms with Gasteiger partial charge in [-0.25, -0.2) is 0 Å². The molecule has 2 nitrogen and oxygen atoms in total. The second kappa shape index (κ2) is 5.73. The Morgan fingerprint density at radius 1 is 1.05 bits per heavy atom. The largest absolute Gasteiger partial charge is 0.573 e. The van der Waals surface area contributed by atoms with E-state index >= 15 is 0 Å². The molecule has 0 spiro atoms. The summed E-state index contributed by atoms with van der Waals surface area (Å²) in [5, 5.41) is 0.503. The third-order valence-electron chi connectivity index (χ3n) is 2.67. The van der Waals surface area contributed by atoms with Gasteiger partial charge in [-0.15, -0.1) is 13.2 Å². The topological polar surface area (TPSA) is 35.2 Å². The van der Waals surface area contributed by atoms with E-state index in [-0.39, 0.29) is 17.9 Å². The van der Waals surface area contributed by atoms with Crippen molar-refractivity contribution in [2.75, 3.05) is 0 Å². The van der Waals surface area contributed by atoms with Crippen LogP contribution >= 0.6 is 11.6 Å². The highest BCUT2D eigenvalue weighted by atomic mass is 35.5. The lowest BCUT2D eigenvalue weighted by atomic mass is 10.0. The molecule has 106 valence electrons. The lowest BCUT2D eigenvalue weighted by Crippen LogP contribution is -2.18. The van der Waals surface area contributed by atoms with Gasteiger partial charge in [0.1, 0.15) is 5.75 Å². The smallest absolute Gasteiger partial charge is 0.405 e. The Hall–Kier alpha value is -1.72. The first-order valence-electron chi connectivity index (χ1n) is 5.74. The highest BCUT2D eigenvalue weighted by molar-refractivity contribution is 6.30. The normalized spacial score (nSPS) is 11.4. The molecule has 2 aromatic rings. The Balaban J connectivity index is 2.44. The first kappa shape index (κ1) is 14.7. The highest BCUT2D eigenvalue weighted by Gasteiger charge is 2.32. The number of hydrogen-bond acceptors (Lipinski definition) is 2. The van der Waals surface area contributed by atoms with Crippen LogP contribution in [-0.2, 0) is 6.54 Å². The van der Waals surface area contributed by atoms with Crippen LogP contribution in [0.25, 0.3) is 11.1 Å². The molecule has 2 rings (SSSR count). The van der Waals surface area contributed by atoms with Crippen molar-refractivity contribution in [3.63, 3.8) is 0 Å². The Kier molecular flexibility index (Phi) is 4.20. The molecular weight excluding hydrogens is 291 g/mol. The van der Waals surface area contributed by atoms with E-state index in [2.05, 4.69) is 4.74 Å². The third-order valence-corrected chi connectivity index (χ3v) is 2.91. The lowest BCUT2D eigenvalue weighted by Gasteiger charge is -2.14. The van der Waals surface area contributed by atoms with Gasteiger partial charge in [0, 0.05) is 17.1 Å². The van der Waals surface area contributed by atoms with Crippen molar-refractivity contribution in [1.82, 2.24) is 0 Å². The molecule has 0 fully saturated rings. The van der Waals surface area contributed by atoms with E-state index in [4.69, 9.17) is 17.3 Å². The Morgan fingerprint density at radius 2 is 1.75 bits per heavy atom. The molecule has 0 unspecified atom stereocenters. The molecule has 0 atom stereocenters. The molecule has 0 aliphatic rings. The number of benzene rings is 2. The Bertz CT molecular complexity index is 614. The summed E-state index contributed by atoms with van der Waals surface area (Å²) in [5.41, 5.74) is 6.97. The van der Waals surface area contributed by atoms with Gasteiger partial charge in [0.2, 0.25) is 0 Å². The highest BCUT2D eigenvalue weighted by Crippen LogP contribution is 2.32. The molecule has 20 heavy (non-hydrogen) atoms. The van der Waals surface area contributed by atoms with Gasteiger partial charge < -0.3 is 10.5 Å². The summed E-state index contributed by atoms with van der Waals surface area (Å²) in [7, 11) is 0. The first-order valence-corrected chi connectivity index (χ1v) is 6.11. The van der Waals surface area contributed by atoms with Gasteiger partial charge in [-0.05, 0) is 29.3 Å². The second-order valence-corrected chi connectivity index (χ2v) is 4.52.